The zero-order valence-corrected chi connectivity index (χ0v) is 12.6. The second-order valence-electron chi connectivity index (χ2n) is 7.10. The molecule has 0 amide bonds. The maximum Gasteiger partial charge on any atom is 0.0302 e. The van der Waals surface area contributed by atoms with Crippen molar-refractivity contribution in [2.75, 3.05) is 0 Å². The van der Waals surface area contributed by atoms with Crippen molar-refractivity contribution >= 4 is 11.3 Å². The van der Waals surface area contributed by atoms with E-state index in [-0.39, 0.29) is 0 Å². The summed E-state index contributed by atoms with van der Waals surface area (Å²) in [5.41, 5.74) is 0.301. The Kier molecular flexibility index (Phi) is 3.27. The van der Waals surface area contributed by atoms with Gasteiger partial charge in [-0.3, -0.25) is 0 Å². The molecule has 1 aromatic rings. The maximum absolute atomic E-state index is 3.84. The Labute approximate surface area is 115 Å². The lowest BCUT2D eigenvalue weighted by Gasteiger charge is -2.17. The van der Waals surface area contributed by atoms with Crippen LogP contribution < -0.4 is 5.32 Å². The monoisotopic (exact) mass is 263 g/mol. The standard InChI is InChI=1S/C16H25NS/c1-16(2,3)14-9-8-13(18-14)10-17-15(11-4-5-11)12-6-7-12/h8-9,11-12,15,17H,4-7,10H2,1-3H3. The molecule has 0 spiro atoms. The maximum atomic E-state index is 3.84. The van der Waals surface area contributed by atoms with Gasteiger partial charge in [-0.25, -0.2) is 0 Å². The zero-order valence-electron chi connectivity index (χ0n) is 11.8. The Morgan fingerprint density at radius 2 is 1.78 bits per heavy atom. The van der Waals surface area contributed by atoms with E-state index in [4.69, 9.17) is 0 Å². The molecule has 0 unspecified atom stereocenters. The van der Waals surface area contributed by atoms with Crippen molar-refractivity contribution in [3.63, 3.8) is 0 Å². The lowest BCUT2D eigenvalue weighted by atomic mass is 9.95. The molecule has 100 valence electrons. The van der Waals surface area contributed by atoms with E-state index in [2.05, 4.69) is 38.2 Å². The predicted molar refractivity (Wildman–Crippen MR) is 79.1 cm³/mol. The minimum absolute atomic E-state index is 0.301. The molecule has 3 rings (SSSR count). The molecule has 1 N–H and O–H groups in total. The number of hydrogen-bond donors (Lipinski definition) is 1. The smallest absolute Gasteiger partial charge is 0.0302 e. The molecular weight excluding hydrogens is 238 g/mol. The molecule has 2 aliphatic rings. The molecule has 0 radical (unpaired) electrons. The lowest BCUT2D eigenvalue weighted by molar-refractivity contribution is 0.417. The van der Waals surface area contributed by atoms with Crippen LogP contribution in [0.2, 0.25) is 0 Å². The first-order chi connectivity index (χ1) is 8.54. The summed E-state index contributed by atoms with van der Waals surface area (Å²) in [6.07, 6.45) is 5.86. The highest BCUT2D eigenvalue weighted by molar-refractivity contribution is 7.12. The summed E-state index contributed by atoms with van der Waals surface area (Å²) in [6.45, 7) is 7.98. The Morgan fingerprint density at radius 3 is 2.22 bits per heavy atom. The zero-order chi connectivity index (χ0) is 12.8. The molecule has 0 saturated heterocycles. The normalized spacial score (nSPS) is 20.7. The van der Waals surface area contributed by atoms with Crippen molar-refractivity contribution in [2.45, 2.75) is 64.5 Å². The fraction of sp³-hybridized carbons (Fsp3) is 0.750. The van der Waals surface area contributed by atoms with Crippen LogP contribution in [-0.2, 0) is 12.0 Å². The summed E-state index contributed by atoms with van der Waals surface area (Å²) in [7, 11) is 0. The topological polar surface area (TPSA) is 12.0 Å². The third-order valence-electron chi connectivity index (χ3n) is 4.17. The summed E-state index contributed by atoms with van der Waals surface area (Å²) in [5.74, 6) is 2.00. The van der Waals surface area contributed by atoms with Crippen molar-refractivity contribution in [3.05, 3.63) is 21.9 Å². The molecule has 0 aliphatic heterocycles. The van der Waals surface area contributed by atoms with E-state index in [1.54, 1.807) is 0 Å². The first-order valence-corrected chi connectivity index (χ1v) is 8.18. The molecule has 0 atom stereocenters. The molecule has 1 aromatic heterocycles. The van der Waals surface area contributed by atoms with Crippen LogP contribution in [0.25, 0.3) is 0 Å². The van der Waals surface area contributed by atoms with E-state index in [0.29, 0.717) is 5.41 Å². The second kappa shape index (κ2) is 4.64. The van der Waals surface area contributed by atoms with Gasteiger partial charge < -0.3 is 5.32 Å². The minimum Gasteiger partial charge on any atom is -0.309 e. The molecule has 2 aliphatic carbocycles. The molecule has 2 heteroatoms. The summed E-state index contributed by atoms with van der Waals surface area (Å²) in [5, 5.41) is 3.84. The largest absolute Gasteiger partial charge is 0.309 e. The fourth-order valence-corrected chi connectivity index (χ4v) is 3.74. The molecule has 18 heavy (non-hydrogen) atoms. The number of nitrogens with one attached hydrogen (secondary N) is 1. The van der Waals surface area contributed by atoms with Crippen LogP contribution in [0.1, 0.15) is 56.2 Å². The van der Waals surface area contributed by atoms with Gasteiger partial charge >= 0.3 is 0 Å². The van der Waals surface area contributed by atoms with E-state index >= 15 is 0 Å². The highest BCUT2D eigenvalue weighted by Gasteiger charge is 2.40. The Morgan fingerprint density at radius 1 is 1.17 bits per heavy atom. The van der Waals surface area contributed by atoms with E-state index in [9.17, 15) is 0 Å². The Bertz CT molecular complexity index is 395. The Hall–Kier alpha value is -0.340. The third kappa shape index (κ3) is 2.97. The van der Waals surface area contributed by atoms with Gasteiger partial charge in [-0.15, -0.1) is 11.3 Å². The van der Waals surface area contributed by atoms with Gasteiger partial charge in [0, 0.05) is 22.3 Å². The van der Waals surface area contributed by atoms with Crippen molar-refractivity contribution < 1.29 is 0 Å². The fourth-order valence-electron chi connectivity index (χ4n) is 2.72. The van der Waals surface area contributed by atoms with E-state index in [1.165, 1.54) is 35.4 Å². The SMILES string of the molecule is CC(C)(C)c1ccc(CNC(C2CC2)C2CC2)s1. The lowest BCUT2D eigenvalue weighted by Crippen LogP contribution is -2.32. The van der Waals surface area contributed by atoms with Gasteiger partial charge in [0.1, 0.15) is 0 Å². The summed E-state index contributed by atoms with van der Waals surface area (Å²) in [4.78, 5) is 3.01. The number of thiophene rings is 1. The van der Waals surface area contributed by atoms with Crippen molar-refractivity contribution in [1.82, 2.24) is 5.32 Å². The summed E-state index contributed by atoms with van der Waals surface area (Å²) in [6, 6.07) is 5.45. The van der Waals surface area contributed by atoms with E-state index < -0.39 is 0 Å². The molecule has 1 heterocycles. The third-order valence-corrected chi connectivity index (χ3v) is 5.68. The van der Waals surface area contributed by atoms with Gasteiger partial charge in [-0.2, -0.15) is 0 Å². The minimum atomic E-state index is 0.301. The van der Waals surface area contributed by atoms with Gasteiger partial charge in [0.2, 0.25) is 0 Å². The summed E-state index contributed by atoms with van der Waals surface area (Å²) >= 11 is 1.98. The van der Waals surface area contributed by atoms with Gasteiger partial charge in [0.25, 0.3) is 0 Å². The Balaban J connectivity index is 1.57. The first kappa shape index (κ1) is 12.7. The average molecular weight is 263 g/mol. The average Bonchev–Trinajstić information content (AvgIpc) is 3.19. The molecule has 0 bridgehead atoms. The van der Waals surface area contributed by atoms with Crippen LogP contribution in [0.15, 0.2) is 12.1 Å². The summed E-state index contributed by atoms with van der Waals surface area (Å²) < 4.78 is 0. The van der Waals surface area contributed by atoms with E-state index in [1.807, 2.05) is 11.3 Å². The molecule has 2 fully saturated rings. The molecule has 1 nitrogen and oxygen atoms in total. The van der Waals surface area contributed by atoms with Crippen LogP contribution in [0.3, 0.4) is 0 Å². The van der Waals surface area contributed by atoms with Crippen molar-refractivity contribution in [2.24, 2.45) is 11.8 Å². The number of rotatable bonds is 5. The molecule has 0 aromatic carbocycles. The van der Waals surface area contributed by atoms with Crippen LogP contribution in [-0.4, -0.2) is 6.04 Å². The van der Waals surface area contributed by atoms with Gasteiger partial charge in [0.05, 0.1) is 0 Å². The van der Waals surface area contributed by atoms with Crippen molar-refractivity contribution in [1.29, 1.82) is 0 Å². The second-order valence-corrected chi connectivity index (χ2v) is 8.27. The van der Waals surface area contributed by atoms with Crippen LogP contribution in [0.5, 0.6) is 0 Å². The van der Waals surface area contributed by atoms with Crippen LogP contribution >= 0.6 is 11.3 Å². The van der Waals surface area contributed by atoms with E-state index in [0.717, 1.165) is 24.4 Å². The van der Waals surface area contributed by atoms with Crippen molar-refractivity contribution in [3.8, 4) is 0 Å². The highest BCUT2D eigenvalue weighted by atomic mass is 32.1. The first-order valence-electron chi connectivity index (χ1n) is 7.36. The highest BCUT2D eigenvalue weighted by Crippen LogP contribution is 2.44. The number of hydrogen-bond acceptors (Lipinski definition) is 2. The quantitative estimate of drug-likeness (QED) is 0.834. The van der Waals surface area contributed by atoms with Crippen LogP contribution in [0.4, 0.5) is 0 Å². The van der Waals surface area contributed by atoms with Crippen LogP contribution in [0, 0.1) is 11.8 Å². The molecule has 2 saturated carbocycles. The van der Waals surface area contributed by atoms with Gasteiger partial charge in [0.15, 0.2) is 0 Å². The van der Waals surface area contributed by atoms with Gasteiger partial charge in [-0.1, -0.05) is 20.8 Å². The van der Waals surface area contributed by atoms with Gasteiger partial charge in [-0.05, 0) is 55.1 Å². The predicted octanol–water partition coefficient (Wildman–Crippen LogP) is 4.32. The molecular formula is C16H25NS.